The molecule has 2 nitrogen and oxygen atoms in total. The number of carbonyl (C=O) groups is 1. The standard InChI is InChI=1S/C15H24BrNO/c16-10-15(6-2-1-3-7-15)17-14(18)13-9-11-4-5-12(13)8-11/h11-13H,1-10H2,(H,17,18). The number of nitrogens with one attached hydrogen (secondary N) is 1. The van der Waals surface area contributed by atoms with Crippen LogP contribution < -0.4 is 5.32 Å². The minimum Gasteiger partial charge on any atom is -0.350 e. The van der Waals surface area contributed by atoms with Crippen molar-refractivity contribution in [1.29, 1.82) is 0 Å². The van der Waals surface area contributed by atoms with Crippen LogP contribution in [0.4, 0.5) is 0 Å². The second-order valence-electron chi connectivity index (χ2n) is 6.75. The molecule has 0 aromatic heterocycles. The fourth-order valence-electron chi connectivity index (χ4n) is 4.44. The Morgan fingerprint density at radius 3 is 2.50 bits per heavy atom. The number of alkyl halides is 1. The van der Waals surface area contributed by atoms with Crippen LogP contribution in [0.15, 0.2) is 0 Å². The lowest BCUT2D eigenvalue weighted by atomic mass is 9.81. The topological polar surface area (TPSA) is 29.1 Å². The molecule has 3 aliphatic rings. The number of hydrogen-bond acceptors (Lipinski definition) is 1. The molecule has 3 aliphatic carbocycles. The molecule has 1 amide bonds. The van der Waals surface area contributed by atoms with E-state index in [4.69, 9.17) is 0 Å². The van der Waals surface area contributed by atoms with Gasteiger partial charge >= 0.3 is 0 Å². The molecule has 18 heavy (non-hydrogen) atoms. The van der Waals surface area contributed by atoms with Crippen molar-refractivity contribution >= 4 is 21.8 Å². The molecule has 0 aromatic carbocycles. The van der Waals surface area contributed by atoms with E-state index in [1.54, 1.807) is 0 Å². The van der Waals surface area contributed by atoms with Gasteiger partial charge in [-0.25, -0.2) is 0 Å². The summed E-state index contributed by atoms with van der Waals surface area (Å²) in [7, 11) is 0. The summed E-state index contributed by atoms with van der Waals surface area (Å²) in [6.45, 7) is 0. The van der Waals surface area contributed by atoms with E-state index in [2.05, 4.69) is 21.2 Å². The van der Waals surface area contributed by atoms with Gasteiger partial charge in [0.05, 0.1) is 0 Å². The second-order valence-corrected chi connectivity index (χ2v) is 7.31. The van der Waals surface area contributed by atoms with Gasteiger partial charge in [-0.15, -0.1) is 0 Å². The number of carbonyl (C=O) groups excluding carboxylic acids is 1. The minimum atomic E-state index is 0.0666. The van der Waals surface area contributed by atoms with Gasteiger partial charge in [0.25, 0.3) is 0 Å². The summed E-state index contributed by atoms with van der Waals surface area (Å²) in [6.07, 6.45) is 11.3. The molecule has 0 saturated heterocycles. The maximum Gasteiger partial charge on any atom is 0.223 e. The van der Waals surface area contributed by atoms with Crippen molar-refractivity contribution in [2.45, 2.75) is 63.3 Å². The van der Waals surface area contributed by atoms with Crippen molar-refractivity contribution in [3.05, 3.63) is 0 Å². The number of hydrogen-bond donors (Lipinski definition) is 1. The van der Waals surface area contributed by atoms with Gasteiger partial charge in [-0.3, -0.25) is 4.79 Å². The van der Waals surface area contributed by atoms with Crippen molar-refractivity contribution in [3.8, 4) is 0 Å². The van der Waals surface area contributed by atoms with Crippen LogP contribution in [0, 0.1) is 17.8 Å². The zero-order valence-corrected chi connectivity index (χ0v) is 12.7. The monoisotopic (exact) mass is 313 g/mol. The average Bonchev–Trinajstić information content (AvgIpc) is 3.02. The van der Waals surface area contributed by atoms with Gasteiger partial charge < -0.3 is 5.32 Å². The highest BCUT2D eigenvalue weighted by Crippen LogP contribution is 2.48. The Labute approximate surface area is 118 Å². The number of fused-ring (bicyclic) bond motifs is 2. The van der Waals surface area contributed by atoms with Crippen molar-refractivity contribution < 1.29 is 4.79 Å². The third kappa shape index (κ3) is 2.35. The Morgan fingerprint density at radius 1 is 1.17 bits per heavy atom. The maximum absolute atomic E-state index is 12.5. The Balaban J connectivity index is 1.62. The first-order valence-electron chi connectivity index (χ1n) is 7.60. The molecule has 3 saturated carbocycles. The van der Waals surface area contributed by atoms with Crippen molar-refractivity contribution in [3.63, 3.8) is 0 Å². The minimum absolute atomic E-state index is 0.0666. The van der Waals surface area contributed by atoms with E-state index in [1.807, 2.05) is 0 Å². The predicted octanol–water partition coefficient (Wildman–Crippen LogP) is 3.64. The van der Waals surface area contributed by atoms with Crippen LogP contribution in [-0.2, 0) is 4.79 Å². The summed E-state index contributed by atoms with van der Waals surface area (Å²) in [5, 5.41) is 4.35. The molecule has 0 radical (unpaired) electrons. The van der Waals surface area contributed by atoms with Crippen LogP contribution in [0.25, 0.3) is 0 Å². The second kappa shape index (κ2) is 5.15. The van der Waals surface area contributed by atoms with Gasteiger partial charge in [0, 0.05) is 16.8 Å². The predicted molar refractivity (Wildman–Crippen MR) is 76.7 cm³/mol. The average molecular weight is 314 g/mol. The number of halogens is 1. The molecule has 3 unspecified atom stereocenters. The summed E-state index contributed by atoms with van der Waals surface area (Å²) in [6, 6.07) is 0. The van der Waals surface area contributed by atoms with E-state index in [9.17, 15) is 4.79 Å². The van der Waals surface area contributed by atoms with Crippen molar-refractivity contribution in [1.82, 2.24) is 5.32 Å². The van der Waals surface area contributed by atoms with Gasteiger partial charge in [0.15, 0.2) is 0 Å². The highest BCUT2D eigenvalue weighted by molar-refractivity contribution is 9.09. The first-order valence-corrected chi connectivity index (χ1v) is 8.73. The Kier molecular flexibility index (Phi) is 3.70. The van der Waals surface area contributed by atoms with E-state index >= 15 is 0 Å². The number of amides is 1. The van der Waals surface area contributed by atoms with E-state index in [-0.39, 0.29) is 5.54 Å². The molecule has 3 rings (SSSR count). The SMILES string of the molecule is O=C(NC1(CBr)CCCCC1)C1CC2CCC1C2. The molecule has 0 spiro atoms. The highest BCUT2D eigenvalue weighted by atomic mass is 79.9. The first kappa shape index (κ1) is 13.0. The molecular formula is C15H24BrNO. The summed E-state index contributed by atoms with van der Waals surface area (Å²) in [5.41, 5.74) is 0.0666. The molecule has 2 bridgehead atoms. The molecule has 0 aromatic rings. The van der Waals surface area contributed by atoms with E-state index in [0.29, 0.717) is 17.7 Å². The zero-order chi connectivity index (χ0) is 12.6. The normalized spacial score (nSPS) is 37.7. The molecule has 1 N–H and O–H groups in total. The third-order valence-corrected chi connectivity index (χ3v) is 6.60. The van der Waals surface area contributed by atoms with Gasteiger partial charge in [0.2, 0.25) is 5.91 Å². The fourth-order valence-corrected chi connectivity index (χ4v) is 5.14. The Bertz CT molecular complexity index is 324. The first-order chi connectivity index (χ1) is 8.72. The molecule has 3 heteroatoms. The molecule has 102 valence electrons. The lowest BCUT2D eigenvalue weighted by Gasteiger charge is -2.38. The maximum atomic E-state index is 12.5. The fraction of sp³-hybridized carbons (Fsp3) is 0.933. The van der Waals surface area contributed by atoms with E-state index < -0.39 is 0 Å². The van der Waals surface area contributed by atoms with Crippen LogP contribution >= 0.6 is 15.9 Å². The Hall–Kier alpha value is -0.0500. The van der Waals surface area contributed by atoms with E-state index in [1.165, 1.54) is 38.5 Å². The van der Waals surface area contributed by atoms with E-state index in [0.717, 1.165) is 30.5 Å². The van der Waals surface area contributed by atoms with Crippen LogP contribution in [-0.4, -0.2) is 16.8 Å². The Morgan fingerprint density at radius 2 is 1.94 bits per heavy atom. The van der Waals surface area contributed by atoms with Crippen LogP contribution in [0.5, 0.6) is 0 Å². The van der Waals surface area contributed by atoms with Crippen LogP contribution in [0.1, 0.15) is 57.8 Å². The molecule has 3 atom stereocenters. The highest BCUT2D eigenvalue weighted by Gasteiger charge is 2.44. The lowest BCUT2D eigenvalue weighted by Crippen LogP contribution is -2.53. The molecule has 0 aliphatic heterocycles. The van der Waals surface area contributed by atoms with Gasteiger partial charge in [0.1, 0.15) is 0 Å². The van der Waals surface area contributed by atoms with Crippen molar-refractivity contribution in [2.75, 3.05) is 5.33 Å². The zero-order valence-electron chi connectivity index (χ0n) is 11.1. The molecule has 0 heterocycles. The van der Waals surface area contributed by atoms with Crippen molar-refractivity contribution in [2.24, 2.45) is 17.8 Å². The smallest absolute Gasteiger partial charge is 0.223 e. The lowest BCUT2D eigenvalue weighted by molar-refractivity contribution is -0.128. The van der Waals surface area contributed by atoms with Gasteiger partial charge in [-0.1, -0.05) is 41.6 Å². The van der Waals surface area contributed by atoms with Crippen LogP contribution in [0.3, 0.4) is 0 Å². The summed E-state index contributed by atoms with van der Waals surface area (Å²) in [5.74, 6) is 2.26. The molecule has 3 fully saturated rings. The molecular weight excluding hydrogens is 290 g/mol. The quantitative estimate of drug-likeness (QED) is 0.792. The summed E-state index contributed by atoms with van der Waals surface area (Å²) < 4.78 is 0. The third-order valence-electron chi connectivity index (χ3n) is 5.53. The largest absolute Gasteiger partial charge is 0.350 e. The van der Waals surface area contributed by atoms with Gasteiger partial charge in [-0.2, -0.15) is 0 Å². The number of rotatable bonds is 3. The van der Waals surface area contributed by atoms with Gasteiger partial charge in [-0.05, 0) is 43.9 Å². The summed E-state index contributed by atoms with van der Waals surface area (Å²) in [4.78, 5) is 12.5. The summed E-state index contributed by atoms with van der Waals surface area (Å²) >= 11 is 3.63. The van der Waals surface area contributed by atoms with Crippen LogP contribution in [0.2, 0.25) is 0 Å².